The maximum absolute atomic E-state index is 14.0. The number of hydrogen-bond acceptors (Lipinski definition) is 4. The maximum Gasteiger partial charge on any atom is 0.257 e. The van der Waals surface area contributed by atoms with E-state index in [1.165, 1.54) is 30.2 Å². The molecule has 1 aromatic carbocycles. The quantitative estimate of drug-likeness (QED) is 0.887. The third-order valence-electron chi connectivity index (χ3n) is 2.94. The second-order valence-electron chi connectivity index (χ2n) is 4.20. The van der Waals surface area contributed by atoms with Gasteiger partial charge in [-0.2, -0.15) is 0 Å². The van der Waals surface area contributed by atoms with Gasteiger partial charge in [-0.15, -0.1) is 0 Å². The molecule has 0 aliphatic carbocycles. The van der Waals surface area contributed by atoms with Crippen molar-refractivity contribution in [1.82, 2.24) is 0 Å². The van der Waals surface area contributed by atoms with E-state index in [0.29, 0.717) is 16.3 Å². The van der Waals surface area contributed by atoms with Crippen molar-refractivity contribution in [2.24, 2.45) is 0 Å². The van der Waals surface area contributed by atoms with Crippen LogP contribution in [-0.4, -0.2) is 11.0 Å². The average molecular weight is 279 g/mol. The first-order valence-electron chi connectivity index (χ1n) is 5.60. The largest absolute Gasteiger partial charge is 0.468 e. The van der Waals surface area contributed by atoms with Gasteiger partial charge in [-0.25, -0.2) is 4.39 Å². The van der Waals surface area contributed by atoms with E-state index in [9.17, 15) is 14.3 Å². The highest BCUT2D eigenvalue weighted by Gasteiger charge is 2.30. The lowest BCUT2D eigenvalue weighted by Crippen LogP contribution is -2.10. The first-order valence-corrected chi connectivity index (χ1v) is 6.42. The van der Waals surface area contributed by atoms with Gasteiger partial charge in [-0.3, -0.25) is 4.79 Å². The number of carbonyl (C=O) groups excluding carboxylic acids is 1. The number of aliphatic hydroxyl groups is 1. The molecule has 6 heteroatoms. The molecular formula is C13H10FNO3S. The fourth-order valence-electron chi connectivity index (χ4n) is 1.92. The summed E-state index contributed by atoms with van der Waals surface area (Å²) in [5.41, 5.74) is 0.721. The fraction of sp³-hybridized carbons (Fsp3) is 0.154. The van der Waals surface area contributed by atoms with Crippen molar-refractivity contribution in [3.8, 4) is 0 Å². The molecule has 0 spiro atoms. The number of hydrogen-bond donors (Lipinski definition) is 2. The Kier molecular flexibility index (Phi) is 2.83. The van der Waals surface area contributed by atoms with E-state index in [-0.39, 0.29) is 5.56 Å². The van der Waals surface area contributed by atoms with Crippen LogP contribution < -0.4 is 5.32 Å². The molecule has 4 nitrogen and oxygen atoms in total. The number of anilines is 1. The number of amides is 1. The van der Waals surface area contributed by atoms with E-state index in [1.807, 2.05) is 0 Å². The van der Waals surface area contributed by atoms with Crippen molar-refractivity contribution in [3.63, 3.8) is 0 Å². The van der Waals surface area contributed by atoms with Crippen molar-refractivity contribution in [1.29, 1.82) is 0 Å². The number of benzene rings is 1. The zero-order valence-electron chi connectivity index (χ0n) is 9.94. The number of aliphatic hydroxyl groups excluding tert-OH is 1. The number of nitrogens with one attached hydrogen (secondary N) is 1. The zero-order valence-corrected chi connectivity index (χ0v) is 10.8. The third-order valence-corrected chi connectivity index (χ3v) is 4.11. The summed E-state index contributed by atoms with van der Waals surface area (Å²) in [4.78, 5) is 12.5. The van der Waals surface area contributed by atoms with E-state index >= 15 is 0 Å². The number of halogens is 1. The Hall–Kier alpha value is -1.79. The normalized spacial score (nSPS) is 17.4. The van der Waals surface area contributed by atoms with E-state index in [0.717, 1.165) is 4.90 Å². The number of rotatable bonds is 2. The number of furan rings is 1. The minimum Gasteiger partial charge on any atom is -0.468 e. The number of carbonyl (C=O) groups is 1. The van der Waals surface area contributed by atoms with E-state index in [4.69, 9.17) is 4.42 Å². The number of aryl methyl sites for hydroxylation is 1. The standard InChI is InChI=1S/C13H10FNO3S/c1-6-10(2-3-18-6)19-11-5-9-7(4-8(11)14)12(16)13(17)15-9/h2-5,12,16H,1H3,(H,15,17). The summed E-state index contributed by atoms with van der Waals surface area (Å²) in [5, 5.41) is 12.1. The van der Waals surface area contributed by atoms with Crippen LogP contribution in [0, 0.1) is 12.7 Å². The molecule has 98 valence electrons. The van der Waals surface area contributed by atoms with Crippen molar-refractivity contribution in [2.75, 3.05) is 5.32 Å². The van der Waals surface area contributed by atoms with Crippen LogP contribution in [0.5, 0.6) is 0 Å². The molecule has 1 atom stereocenters. The molecule has 1 aliphatic heterocycles. The lowest BCUT2D eigenvalue weighted by atomic mass is 10.1. The molecule has 0 fully saturated rings. The molecule has 2 aromatic rings. The molecule has 1 amide bonds. The molecule has 19 heavy (non-hydrogen) atoms. The van der Waals surface area contributed by atoms with Crippen LogP contribution in [-0.2, 0) is 4.79 Å². The first kappa shape index (κ1) is 12.3. The van der Waals surface area contributed by atoms with Crippen molar-refractivity contribution in [3.05, 3.63) is 41.6 Å². The lowest BCUT2D eigenvalue weighted by Gasteiger charge is -2.06. The molecule has 2 N–H and O–H groups in total. The van der Waals surface area contributed by atoms with Gasteiger partial charge >= 0.3 is 0 Å². The molecule has 0 bridgehead atoms. The van der Waals surface area contributed by atoms with Gasteiger partial charge in [0.15, 0.2) is 6.10 Å². The van der Waals surface area contributed by atoms with Crippen LogP contribution in [0.4, 0.5) is 10.1 Å². The Morgan fingerprint density at radius 1 is 1.42 bits per heavy atom. The van der Waals surface area contributed by atoms with Crippen LogP contribution in [0.25, 0.3) is 0 Å². The molecule has 3 rings (SSSR count). The zero-order chi connectivity index (χ0) is 13.6. The van der Waals surface area contributed by atoms with Crippen LogP contribution in [0.2, 0.25) is 0 Å². The molecule has 0 saturated heterocycles. The molecule has 1 unspecified atom stereocenters. The van der Waals surface area contributed by atoms with Gasteiger partial charge in [0.1, 0.15) is 11.6 Å². The highest BCUT2D eigenvalue weighted by atomic mass is 32.2. The van der Waals surface area contributed by atoms with Gasteiger partial charge in [-0.1, -0.05) is 11.8 Å². The van der Waals surface area contributed by atoms with Crippen LogP contribution >= 0.6 is 11.8 Å². The van der Waals surface area contributed by atoms with Gasteiger partial charge in [0.05, 0.1) is 16.1 Å². The van der Waals surface area contributed by atoms with Gasteiger partial charge in [0, 0.05) is 11.3 Å². The maximum atomic E-state index is 14.0. The molecule has 0 radical (unpaired) electrons. The highest BCUT2D eigenvalue weighted by Crippen LogP contribution is 2.39. The van der Waals surface area contributed by atoms with E-state index in [1.54, 1.807) is 13.0 Å². The molecular weight excluding hydrogens is 269 g/mol. The lowest BCUT2D eigenvalue weighted by molar-refractivity contribution is -0.123. The van der Waals surface area contributed by atoms with Gasteiger partial charge in [-0.05, 0) is 25.1 Å². The summed E-state index contributed by atoms with van der Waals surface area (Å²) in [6.07, 6.45) is 0.244. The Bertz CT molecular complexity index is 668. The average Bonchev–Trinajstić information content (AvgIpc) is 2.88. The summed E-state index contributed by atoms with van der Waals surface area (Å²) in [5.74, 6) is -0.301. The Labute approximate surface area is 112 Å². The summed E-state index contributed by atoms with van der Waals surface area (Å²) in [6.45, 7) is 1.79. The van der Waals surface area contributed by atoms with Crippen LogP contribution in [0.15, 0.2) is 38.7 Å². The van der Waals surface area contributed by atoms with Gasteiger partial charge in [0.2, 0.25) is 0 Å². The number of fused-ring (bicyclic) bond motifs is 1. The molecule has 2 heterocycles. The topological polar surface area (TPSA) is 62.5 Å². The first-order chi connectivity index (χ1) is 9.06. The summed E-state index contributed by atoms with van der Waals surface area (Å²) < 4.78 is 19.1. The monoisotopic (exact) mass is 279 g/mol. The predicted octanol–water partition coefficient (Wildman–Crippen LogP) is 2.86. The van der Waals surface area contributed by atoms with Crippen LogP contribution in [0.1, 0.15) is 17.4 Å². The Morgan fingerprint density at radius 2 is 2.21 bits per heavy atom. The SMILES string of the molecule is Cc1occc1Sc1cc2c(cc1F)C(O)C(=O)N2. The summed E-state index contributed by atoms with van der Waals surface area (Å²) >= 11 is 1.21. The molecule has 0 saturated carbocycles. The van der Waals surface area contributed by atoms with E-state index < -0.39 is 17.8 Å². The summed E-state index contributed by atoms with van der Waals surface area (Å²) in [7, 11) is 0. The van der Waals surface area contributed by atoms with Crippen molar-refractivity contribution < 1.29 is 18.7 Å². The minimum atomic E-state index is -1.29. The second kappa shape index (κ2) is 4.40. The third kappa shape index (κ3) is 2.02. The molecule has 1 aliphatic rings. The highest BCUT2D eigenvalue weighted by molar-refractivity contribution is 7.99. The van der Waals surface area contributed by atoms with Gasteiger partial charge in [0.25, 0.3) is 5.91 Å². The Balaban J connectivity index is 1.99. The van der Waals surface area contributed by atoms with Crippen molar-refractivity contribution >= 4 is 23.4 Å². The Morgan fingerprint density at radius 3 is 2.89 bits per heavy atom. The summed E-state index contributed by atoms with van der Waals surface area (Å²) in [6, 6.07) is 4.46. The molecule has 1 aromatic heterocycles. The smallest absolute Gasteiger partial charge is 0.257 e. The van der Waals surface area contributed by atoms with Crippen LogP contribution in [0.3, 0.4) is 0 Å². The van der Waals surface area contributed by atoms with E-state index in [2.05, 4.69) is 5.32 Å². The predicted molar refractivity (Wildman–Crippen MR) is 67.6 cm³/mol. The fourth-order valence-corrected chi connectivity index (χ4v) is 2.81. The van der Waals surface area contributed by atoms with Gasteiger partial charge < -0.3 is 14.8 Å². The van der Waals surface area contributed by atoms with Crippen molar-refractivity contribution in [2.45, 2.75) is 22.8 Å². The second-order valence-corrected chi connectivity index (χ2v) is 5.29. The minimum absolute atomic E-state index is 0.274.